The number of hydrogen-bond acceptors (Lipinski definition) is 2. The first kappa shape index (κ1) is 21.2. The molecule has 0 spiro atoms. The predicted octanol–water partition coefficient (Wildman–Crippen LogP) is -0.453. The zero-order chi connectivity index (χ0) is 17.0. The van der Waals surface area contributed by atoms with Crippen molar-refractivity contribution >= 4 is 34.1 Å². The summed E-state index contributed by atoms with van der Waals surface area (Å²) in [6.07, 6.45) is 9.65. The number of benzene rings is 2. The van der Waals surface area contributed by atoms with E-state index in [1.165, 1.54) is 36.7 Å². The van der Waals surface area contributed by atoms with Gasteiger partial charge in [-0.3, -0.25) is 0 Å². The normalized spacial score (nSPS) is 14.9. The van der Waals surface area contributed by atoms with Crippen molar-refractivity contribution in [2.75, 3.05) is 0 Å². The fourth-order valence-electron chi connectivity index (χ4n) is 3.93. The van der Waals surface area contributed by atoms with Gasteiger partial charge >= 0.3 is 168 Å². The molecule has 1 nitrogen and oxygen atoms in total. The molecule has 27 heavy (non-hydrogen) atoms. The van der Waals surface area contributed by atoms with Crippen molar-refractivity contribution in [2.45, 2.75) is 10.0 Å². The zero-order valence-corrected chi connectivity index (χ0v) is 20.5. The Balaban J connectivity index is 0.00000105. The third-order valence-corrected chi connectivity index (χ3v) is 13.4. The molecule has 1 heterocycles. The fourth-order valence-corrected chi connectivity index (χ4v) is 11.2. The molecule has 0 amide bonds. The van der Waals surface area contributed by atoms with E-state index in [1.54, 1.807) is 0 Å². The Morgan fingerprint density at radius 2 is 1.85 bits per heavy atom. The summed E-state index contributed by atoms with van der Waals surface area (Å²) >= 11 is 1.31. The van der Waals surface area contributed by atoms with Crippen LogP contribution in [0.15, 0.2) is 65.4 Å². The van der Waals surface area contributed by atoms with E-state index >= 15 is 0 Å². The molecule has 1 aromatic heterocycles. The van der Waals surface area contributed by atoms with Gasteiger partial charge in [0.15, 0.2) is 0 Å². The van der Waals surface area contributed by atoms with Crippen molar-refractivity contribution in [2.24, 2.45) is 0 Å². The molecule has 3 aromatic rings. The molecule has 0 radical (unpaired) electrons. The van der Waals surface area contributed by atoms with Crippen LogP contribution in [0.2, 0.25) is 0 Å². The summed E-state index contributed by atoms with van der Waals surface area (Å²) in [7, 11) is 6.21. The van der Waals surface area contributed by atoms with Gasteiger partial charge in [0.25, 0.3) is 0 Å². The van der Waals surface area contributed by atoms with E-state index < -0.39 is 19.7 Å². The minimum atomic E-state index is -2.29. The van der Waals surface area contributed by atoms with Gasteiger partial charge in [-0.15, -0.1) is 0 Å². The minimum absolute atomic E-state index is 0. The van der Waals surface area contributed by atoms with Crippen LogP contribution in [0.1, 0.15) is 25.9 Å². The number of nitrogens with zero attached hydrogens (tertiary/aromatic N) is 1. The molecule has 6 heteroatoms. The van der Waals surface area contributed by atoms with Crippen molar-refractivity contribution in [3.05, 3.63) is 87.7 Å². The number of allylic oxidation sites excluding steroid dienone is 1. The van der Waals surface area contributed by atoms with Gasteiger partial charge in [0.1, 0.15) is 0 Å². The van der Waals surface area contributed by atoms with Crippen molar-refractivity contribution in [3.8, 4) is 11.1 Å². The average Bonchev–Trinajstić information content (AvgIpc) is 3.21. The summed E-state index contributed by atoms with van der Waals surface area (Å²) in [5.41, 5.74) is 8.18. The van der Waals surface area contributed by atoms with Gasteiger partial charge in [0, 0.05) is 0 Å². The molecule has 0 saturated heterocycles. The first-order valence-electron chi connectivity index (χ1n) is 8.29. The SMILES string of the molecule is [Cl-].[Cl-].[S]=[Zr+2]([c]1cncc2c1Cc1cc(Br)ccc1-2)[CH]1C=Cc2ccccc21. The van der Waals surface area contributed by atoms with Gasteiger partial charge in [0.2, 0.25) is 0 Å². The number of rotatable bonds is 2. The number of aromatic nitrogens is 1. The first-order chi connectivity index (χ1) is 12.2. The van der Waals surface area contributed by atoms with Gasteiger partial charge in [-0.1, -0.05) is 0 Å². The van der Waals surface area contributed by atoms with E-state index in [9.17, 15) is 0 Å². The fraction of sp³-hybridized carbons (Fsp3) is 0.0952. The number of halogens is 3. The van der Waals surface area contributed by atoms with E-state index in [1.807, 2.05) is 6.20 Å². The van der Waals surface area contributed by atoms with Crippen LogP contribution in [0, 0.1) is 0 Å². The second kappa shape index (κ2) is 8.47. The van der Waals surface area contributed by atoms with Crippen LogP contribution < -0.4 is 28.1 Å². The summed E-state index contributed by atoms with van der Waals surface area (Å²) in [4.78, 5) is 4.57. The van der Waals surface area contributed by atoms with Crippen LogP contribution in [-0.4, -0.2) is 4.98 Å². The molecule has 0 aliphatic heterocycles. The molecular weight excluding hydrogens is 540 g/mol. The quantitative estimate of drug-likeness (QED) is 0.333. The Bertz CT molecular complexity index is 1080. The predicted molar refractivity (Wildman–Crippen MR) is 106 cm³/mol. The third-order valence-electron chi connectivity index (χ3n) is 5.13. The Morgan fingerprint density at radius 1 is 1.04 bits per heavy atom. The van der Waals surface area contributed by atoms with Crippen LogP contribution in [0.4, 0.5) is 0 Å². The van der Waals surface area contributed by atoms with Gasteiger partial charge in [-0.25, -0.2) is 0 Å². The topological polar surface area (TPSA) is 12.9 Å². The summed E-state index contributed by atoms with van der Waals surface area (Å²) < 4.78 is 2.98. The van der Waals surface area contributed by atoms with Crippen LogP contribution >= 0.6 is 24.8 Å². The molecule has 1 unspecified atom stereocenters. The second-order valence-electron chi connectivity index (χ2n) is 6.52. The molecule has 2 aliphatic carbocycles. The van der Waals surface area contributed by atoms with E-state index in [4.69, 9.17) is 8.86 Å². The maximum atomic E-state index is 6.21. The summed E-state index contributed by atoms with van der Waals surface area (Å²) in [6, 6.07) is 15.2. The molecule has 134 valence electrons. The summed E-state index contributed by atoms with van der Waals surface area (Å²) in [5.74, 6) is 0. The van der Waals surface area contributed by atoms with Crippen LogP contribution in [-0.2, 0) is 26.1 Å². The number of hydrogen-bond donors (Lipinski definition) is 0. The monoisotopic (exact) mass is 551 g/mol. The molecule has 0 bridgehead atoms. The number of pyridine rings is 1. The Kier molecular flexibility index (Phi) is 6.65. The molecule has 5 rings (SSSR count). The maximum absolute atomic E-state index is 6.21. The molecular formula is C21H14BrCl2NSZr. The molecule has 0 fully saturated rings. The zero-order valence-electron chi connectivity index (χ0n) is 14.1. The van der Waals surface area contributed by atoms with Crippen LogP contribution in [0.3, 0.4) is 0 Å². The molecule has 0 saturated carbocycles. The Hall–Kier alpha value is -0.507. The Morgan fingerprint density at radius 3 is 2.70 bits per heavy atom. The first-order valence-corrected chi connectivity index (χ1v) is 15.2. The van der Waals surface area contributed by atoms with Crippen LogP contribution in [0.25, 0.3) is 17.2 Å². The molecule has 0 N–H and O–H groups in total. The average molecular weight is 554 g/mol. The van der Waals surface area contributed by atoms with E-state index in [-0.39, 0.29) is 24.8 Å². The molecule has 2 aromatic carbocycles. The van der Waals surface area contributed by atoms with E-state index in [0.29, 0.717) is 3.63 Å². The van der Waals surface area contributed by atoms with Crippen molar-refractivity contribution in [3.63, 3.8) is 0 Å². The standard InChI is InChI=1S/C12H7BrN.C9H7.2ClH.S.Zr/c13-10-1-2-11-9(6-10)5-8-3-4-14-7-12(8)11;1-2-5-9-7-3-6-8(9)4-1;;;;/h1-2,4,6-7H,5H2;1-7H;2*1H;;/q;;;;;+2/p-2. The number of fused-ring (bicyclic) bond motifs is 4. The van der Waals surface area contributed by atoms with E-state index in [0.717, 1.165) is 10.9 Å². The summed E-state index contributed by atoms with van der Waals surface area (Å²) in [5, 5.41) is 0. The molecule has 2 aliphatic rings. The second-order valence-corrected chi connectivity index (χ2v) is 14.7. The van der Waals surface area contributed by atoms with E-state index in [2.05, 4.69) is 81.7 Å². The van der Waals surface area contributed by atoms with Crippen molar-refractivity contribution in [1.82, 2.24) is 4.98 Å². The van der Waals surface area contributed by atoms with Crippen LogP contribution in [0.5, 0.6) is 0 Å². The van der Waals surface area contributed by atoms with Crippen molar-refractivity contribution in [1.29, 1.82) is 0 Å². The summed E-state index contributed by atoms with van der Waals surface area (Å²) in [6.45, 7) is 0. The third kappa shape index (κ3) is 3.60. The molecule has 1 atom stereocenters. The van der Waals surface area contributed by atoms with Gasteiger partial charge < -0.3 is 24.8 Å². The van der Waals surface area contributed by atoms with Crippen molar-refractivity contribution < 1.29 is 44.5 Å². The van der Waals surface area contributed by atoms with Gasteiger partial charge in [-0.2, -0.15) is 0 Å². The Labute approximate surface area is 190 Å². The van der Waals surface area contributed by atoms with Gasteiger partial charge in [-0.05, 0) is 0 Å². The van der Waals surface area contributed by atoms with Gasteiger partial charge in [0.05, 0.1) is 0 Å².